The standard InChI is InChI=1S/C14H17ClO2/c1-2-5-10-8-14(9-10,13(16)17)11-6-3-4-7-12(11)15/h3-4,6-7,10H,2,5,8-9H2,1H3,(H,16,17). The highest BCUT2D eigenvalue weighted by atomic mass is 35.5. The van der Waals surface area contributed by atoms with Crippen LogP contribution in [0.15, 0.2) is 24.3 Å². The summed E-state index contributed by atoms with van der Waals surface area (Å²) < 4.78 is 0. The lowest BCUT2D eigenvalue weighted by Gasteiger charge is -2.45. The minimum Gasteiger partial charge on any atom is -0.481 e. The highest BCUT2D eigenvalue weighted by molar-refractivity contribution is 6.31. The predicted octanol–water partition coefficient (Wildman–Crippen LogP) is 3.87. The molecule has 3 heteroatoms. The van der Waals surface area contributed by atoms with Crippen LogP contribution >= 0.6 is 11.6 Å². The molecule has 0 aliphatic heterocycles. The normalized spacial score (nSPS) is 27.5. The molecule has 0 saturated heterocycles. The van der Waals surface area contributed by atoms with Gasteiger partial charge in [-0.05, 0) is 30.4 Å². The molecule has 0 atom stereocenters. The van der Waals surface area contributed by atoms with Crippen molar-refractivity contribution in [2.45, 2.75) is 38.0 Å². The summed E-state index contributed by atoms with van der Waals surface area (Å²) in [5.74, 6) is -0.203. The van der Waals surface area contributed by atoms with E-state index in [0.29, 0.717) is 10.9 Å². The molecule has 1 aromatic rings. The molecule has 1 fully saturated rings. The van der Waals surface area contributed by atoms with Crippen LogP contribution in [0.3, 0.4) is 0 Å². The molecular formula is C14H17ClO2. The molecule has 17 heavy (non-hydrogen) atoms. The van der Waals surface area contributed by atoms with E-state index in [4.69, 9.17) is 11.6 Å². The molecule has 2 rings (SSSR count). The zero-order valence-corrected chi connectivity index (χ0v) is 10.7. The number of hydrogen-bond donors (Lipinski definition) is 1. The topological polar surface area (TPSA) is 37.3 Å². The Bertz CT molecular complexity index is 422. The van der Waals surface area contributed by atoms with Gasteiger partial charge in [-0.25, -0.2) is 0 Å². The number of carboxylic acids is 1. The fraction of sp³-hybridized carbons (Fsp3) is 0.500. The molecule has 0 aromatic heterocycles. The van der Waals surface area contributed by atoms with Crippen LogP contribution in [0, 0.1) is 5.92 Å². The molecule has 1 saturated carbocycles. The third-order valence-corrected chi connectivity index (χ3v) is 4.10. The fourth-order valence-electron chi connectivity index (χ4n) is 2.90. The number of halogens is 1. The van der Waals surface area contributed by atoms with Gasteiger partial charge in [0.05, 0.1) is 5.41 Å². The Kier molecular flexibility index (Phi) is 3.43. The zero-order chi connectivity index (χ0) is 12.5. The Labute approximate surface area is 107 Å². The van der Waals surface area contributed by atoms with E-state index in [1.807, 2.05) is 18.2 Å². The van der Waals surface area contributed by atoms with Crippen molar-refractivity contribution in [3.63, 3.8) is 0 Å². The Morgan fingerprint density at radius 1 is 1.47 bits per heavy atom. The molecule has 1 aliphatic carbocycles. The van der Waals surface area contributed by atoms with Crippen molar-refractivity contribution in [3.05, 3.63) is 34.9 Å². The zero-order valence-electron chi connectivity index (χ0n) is 9.95. The van der Waals surface area contributed by atoms with Crippen molar-refractivity contribution >= 4 is 17.6 Å². The van der Waals surface area contributed by atoms with E-state index in [1.54, 1.807) is 6.07 Å². The minimum absolute atomic E-state index is 0.535. The van der Waals surface area contributed by atoms with Crippen LogP contribution in [0.25, 0.3) is 0 Å². The molecule has 1 N–H and O–H groups in total. The van der Waals surface area contributed by atoms with Crippen LogP contribution in [0.1, 0.15) is 38.2 Å². The van der Waals surface area contributed by atoms with E-state index >= 15 is 0 Å². The number of rotatable bonds is 4. The number of benzene rings is 1. The minimum atomic E-state index is -0.738. The SMILES string of the molecule is CCCC1CC(C(=O)O)(c2ccccc2Cl)C1. The van der Waals surface area contributed by atoms with Gasteiger partial charge in [-0.2, -0.15) is 0 Å². The molecule has 0 unspecified atom stereocenters. The second kappa shape index (κ2) is 4.69. The van der Waals surface area contributed by atoms with Gasteiger partial charge < -0.3 is 5.11 Å². The van der Waals surface area contributed by atoms with Crippen LogP contribution in [-0.2, 0) is 10.2 Å². The molecule has 1 aromatic carbocycles. The summed E-state index contributed by atoms with van der Waals surface area (Å²) in [5.41, 5.74) is 0.0413. The van der Waals surface area contributed by atoms with Gasteiger partial charge in [0.25, 0.3) is 0 Å². The summed E-state index contributed by atoms with van der Waals surface area (Å²) in [6, 6.07) is 7.32. The van der Waals surface area contributed by atoms with E-state index in [0.717, 1.165) is 31.2 Å². The highest BCUT2D eigenvalue weighted by Crippen LogP contribution is 2.51. The second-order valence-corrected chi connectivity index (χ2v) is 5.34. The Morgan fingerprint density at radius 2 is 2.12 bits per heavy atom. The van der Waals surface area contributed by atoms with E-state index < -0.39 is 11.4 Å². The maximum atomic E-state index is 11.5. The molecule has 0 heterocycles. The van der Waals surface area contributed by atoms with E-state index in [-0.39, 0.29) is 0 Å². The summed E-state index contributed by atoms with van der Waals surface area (Å²) in [6.07, 6.45) is 3.67. The van der Waals surface area contributed by atoms with Gasteiger partial charge in [0.15, 0.2) is 0 Å². The number of carboxylic acid groups (broad SMARTS) is 1. The first-order chi connectivity index (χ1) is 8.10. The van der Waals surface area contributed by atoms with Crippen molar-refractivity contribution < 1.29 is 9.90 Å². The Morgan fingerprint density at radius 3 is 2.65 bits per heavy atom. The molecule has 0 amide bonds. The predicted molar refractivity (Wildman–Crippen MR) is 68.4 cm³/mol. The van der Waals surface area contributed by atoms with Crippen molar-refractivity contribution in [1.82, 2.24) is 0 Å². The van der Waals surface area contributed by atoms with Gasteiger partial charge in [-0.1, -0.05) is 49.6 Å². The van der Waals surface area contributed by atoms with E-state index in [1.165, 1.54) is 0 Å². The number of hydrogen-bond acceptors (Lipinski definition) is 1. The highest BCUT2D eigenvalue weighted by Gasteiger charge is 2.51. The maximum Gasteiger partial charge on any atom is 0.314 e. The van der Waals surface area contributed by atoms with Gasteiger partial charge in [-0.15, -0.1) is 0 Å². The van der Waals surface area contributed by atoms with Crippen LogP contribution in [-0.4, -0.2) is 11.1 Å². The molecule has 92 valence electrons. The van der Waals surface area contributed by atoms with Crippen LogP contribution in [0.5, 0.6) is 0 Å². The number of carbonyl (C=O) groups is 1. The van der Waals surface area contributed by atoms with Gasteiger partial charge in [0.1, 0.15) is 0 Å². The molecule has 1 aliphatic rings. The Balaban J connectivity index is 2.27. The first-order valence-electron chi connectivity index (χ1n) is 6.08. The van der Waals surface area contributed by atoms with E-state index in [9.17, 15) is 9.90 Å². The quantitative estimate of drug-likeness (QED) is 0.883. The lowest BCUT2D eigenvalue weighted by Crippen LogP contribution is -2.48. The lowest BCUT2D eigenvalue weighted by atomic mass is 9.57. The summed E-state index contributed by atoms with van der Waals surface area (Å²) in [6.45, 7) is 2.14. The monoisotopic (exact) mass is 252 g/mol. The summed E-state index contributed by atoms with van der Waals surface area (Å²) in [7, 11) is 0. The first kappa shape index (κ1) is 12.4. The first-order valence-corrected chi connectivity index (χ1v) is 6.46. The van der Waals surface area contributed by atoms with Crippen molar-refractivity contribution in [2.75, 3.05) is 0 Å². The third kappa shape index (κ3) is 2.06. The van der Waals surface area contributed by atoms with Gasteiger partial charge in [-0.3, -0.25) is 4.79 Å². The van der Waals surface area contributed by atoms with Crippen molar-refractivity contribution in [3.8, 4) is 0 Å². The largest absolute Gasteiger partial charge is 0.481 e. The maximum absolute atomic E-state index is 11.5. The molecule has 2 nitrogen and oxygen atoms in total. The molecule has 0 bridgehead atoms. The van der Waals surface area contributed by atoms with Gasteiger partial charge >= 0.3 is 5.97 Å². The molecular weight excluding hydrogens is 236 g/mol. The average molecular weight is 253 g/mol. The smallest absolute Gasteiger partial charge is 0.314 e. The summed E-state index contributed by atoms with van der Waals surface area (Å²) >= 11 is 6.13. The summed E-state index contributed by atoms with van der Waals surface area (Å²) in [5, 5.41) is 10.1. The van der Waals surface area contributed by atoms with Crippen LogP contribution in [0.4, 0.5) is 0 Å². The third-order valence-electron chi connectivity index (χ3n) is 3.77. The van der Waals surface area contributed by atoms with E-state index in [2.05, 4.69) is 6.92 Å². The molecule has 0 radical (unpaired) electrons. The average Bonchev–Trinajstić information content (AvgIpc) is 2.23. The van der Waals surface area contributed by atoms with Crippen molar-refractivity contribution in [2.24, 2.45) is 5.92 Å². The van der Waals surface area contributed by atoms with Gasteiger partial charge in [0, 0.05) is 5.02 Å². The van der Waals surface area contributed by atoms with Crippen LogP contribution < -0.4 is 0 Å². The summed E-state index contributed by atoms with van der Waals surface area (Å²) in [4.78, 5) is 11.5. The Hall–Kier alpha value is -1.02. The second-order valence-electron chi connectivity index (χ2n) is 4.93. The van der Waals surface area contributed by atoms with Crippen molar-refractivity contribution in [1.29, 1.82) is 0 Å². The lowest BCUT2D eigenvalue weighted by molar-refractivity contribution is -0.150. The number of aliphatic carboxylic acids is 1. The fourth-order valence-corrected chi connectivity index (χ4v) is 3.21. The van der Waals surface area contributed by atoms with Gasteiger partial charge in [0.2, 0.25) is 0 Å². The molecule has 0 spiro atoms. The van der Waals surface area contributed by atoms with Crippen LogP contribution in [0.2, 0.25) is 5.02 Å².